The molecule has 0 spiro atoms. The number of nitrogens with zero attached hydrogens (tertiary/aromatic N) is 2. The van der Waals surface area contributed by atoms with Gasteiger partial charge in [0.1, 0.15) is 11.1 Å². The predicted molar refractivity (Wildman–Crippen MR) is 98.8 cm³/mol. The first kappa shape index (κ1) is 18.7. The van der Waals surface area contributed by atoms with Crippen LogP contribution in [0.3, 0.4) is 0 Å². The van der Waals surface area contributed by atoms with Crippen LogP contribution in [0.2, 0.25) is 0 Å². The fourth-order valence-corrected chi connectivity index (χ4v) is 3.30. The van der Waals surface area contributed by atoms with Crippen molar-refractivity contribution in [3.63, 3.8) is 0 Å². The summed E-state index contributed by atoms with van der Waals surface area (Å²) in [6, 6.07) is 10.7. The first-order chi connectivity index (χ1) is 11.8. The van der Waals surface area contributed by atoms with Gasteiger partial charge in [-0.05, 0) is 63.6 Å². The number of carbonyl (C=O) groups excluding carboxylic acids is 2. The third-order valence-corrected chi connectivity index (χ3v) is 4.73. The third kappa shape index (κ3) is 4.68. The van der Waals surface area contributed by atoms with E-state index < -0.39 is 5.25 Å². The first-order valence-electron chi connectivity index (χ1n) is 7.78. The number of carbonyl (C=O) groups is 2. The second-order valence-electron chi connectivity index (χ2n) is 5.76. The van der Waals surface area contributed by atoms with Gasteiger partial charge in [-0.2, -0.15) is 5.26 Å². The molecule has 0 saturated heterocycles. The number of thioether (sulfide) groups is 1. The van der Waals surface area contributed by atoms with Crippen molar-refractivity contribution >= 4 is 29.1 Å². The molecule has 0 fully saturated rings. The minimum Gasteiger partial charge on any atom is -0.325 e. The maximum absolute atomic E-state index is 12.4. The van der Waals surface area contributed by atoms with Crippen LogP contribution in [-0.4, -0.2) is 21.9 Å². The van der Waals surface area contributed by atoms with E-state index in [1.165, 1.54) is 18.7 Å². The van der Waals surface area contributed by atoms with Crippen molar-refractivity contribution in [1.82, 2.24) is 4.98 Å². The third-order valence-electron chi connectivity index (χ3n) is 3.64. The fraction of sp³-hybridized carbons (Fsp3) is 0.263. The van der Waals surface area contributed by atoms with E-state index in [1.54, 1.807) is 31.2 Å². The van der Waals surface area contributed by atoms with Crippen molar-refractivity contribution < 1.29 is 9.59 Å². The molecule has 6 heteroatoms. The average Bonchev–Trinajstić information content (AvgIpc) is 2.54. The Labute approximate surface area is 151 Å². The molecule has 1 N–H and O–H groups in total. The summed E-state index contributed by atoms with van der Waals surface area (Å²) in [5.74, 6) is -0.211. The summed E-state index contributed by atoms with van der Waals surface area (Å²) in [4.78, 5) is 28.1. The van der Waals surface area contributed by atoms with Crippen LogP contribution in [0, 0.1) is 25.2 Å². The molecular weight excluding hydrogens is 334 g/mol. The topological polar surface area (TPSA) is 82.8 Å². The molecule has 2 aromatic rings. The van der Waals surface area contributed by atoms with E-state index in [0.29, 0.717) is 21.8 Å². The molecule has 1 aromatic carbocycles. The summed E-state index contributed by atoms with van der Waals surface area (Å²) in [6.45, 7) is 6.98. The van der Waals surface area contributed by atoms with Crippen LogP contribution in [0.15, 0.2) is 35.4 Å². The average molecular weight is 353 g/mol. The molecule has 0 radical (unpaired) electrons. The predicted octanol–water partition coefficient (Wildman–Crippen LogP) is 3.89. The SMILES string of the molecule is CC(=O)c1ccc(NC(=O)[C@@H](C)Sc2nc(C)cc(C)c2C#N)cc1. The minimum absolute atomic E-state index is 0.0216. The van der Waals surface area contributed by atoms with Crippen molar-refractivity contribution in [1.29, 1.82) is 5.26 Å². The lowest BCUT2D eigenvalue weighted by Crippen LogP contribution is -2.22. The van der Waals surface area contributed by atoms with Crippen LogP contribution in [0.1, 0.15) is 41.0 Å². The summed E-state index contributed by atoms with van der Waals surface area (Å²) >= 11 is 1.26. The van der Waals surface area contributed by atoms with Gasteiger partial charge in [-0.3, -0.25) is 9.59 Å². The fourth-order valence-electron chi connectivity index (χ4n) is 2.28. The van der Waals surface area contributed by atoms with Crippen LogP contribution in [0.4, 0.5) is 5.69 Å². The monoisotopic (exact) mass is 353 g/mol. The summed E-state index contributed by atoms with van der Waals surface area (Å²) in [5.41, 5.74) is 3.38. The van der Waals surface area contributed by atoms with Crippen LogP contribution in [0.25, 0.3) is 0 Å². The maximum atomic E-state index is 12.4. The number of benzene rings is 1. The van der Waals surface area contributed by atoms with Crippen molar-refractivity contribution in [2.24, 2.45) is 0 Å². The standard InChI is InChI=1S/C19H19N3O2S/c1-11-9-12(2)21-19(17(11)10-20)25-14(4)18(24)22-16-7-5-15(6-8-16)13(3)23/h5-9,14H,1-4H3,(H,22,24)/t14-/m1/s1. The molecule has 2 rings (SSSR count). The van der Waals surface area contributed by atoms with Crippen molar-refractivity contribution in [3.8, 4) is 6.07 Å². The summed E-state index contributed by atoms with van der Waals surface area (Å²) in [5, 5.41) is 12.3. The lowest BCUT2D eigenvalue weighted by Gasteiger charge is -2.13. The van der Waals surface area contributed by atoms with E-state index in [4.69, 9.17) is 0 Å². The number of amides is 1. The zero-order valence-corrected chi connectivity index (χ0v) is 15.4. The van der Waals surface area contributed by atoms with Gasteiger partial charge < -0.3 is 5.32 Å². The highest BCUT2D eigenvalue weighted by atomic mass is 32.2. The first-order valence-corrected chi connectivity index (χ1v) is 8.66. The highest BCUT2D eigenvalue weighted by Gasteiger charge is 2.19. The Hall–Kier alpha value is -2.65. The second-order valence-corrected chi connectivity index (χ2v) is 7.08. The van der Waals surface area contributed by atoms with Gasteiger partial charge in [0, 0.05) is 16.9 Å². The number of ketones is 1. The van der Waals surface area contributed by atoms with Gasteiger partial charge in [-0.1, -0.05) is 11.8 Å². The van der Waals surface area contributed by atoms with Crippen molar-refractivity contribution in [2.45, 2.75) is 38.0 Å². The molecule has 1 amide bonds. The zero-order valence-electron chi connectivity index (χ0n) is 14.6. The van der Waals surface area contributed by atoms with Crippen LogP contribution in [-0.2, 0) is 4.79 Å². The largest absolute Gasteiger partial charge is 0.325 e. The summed E-state index contributed by atoms with van der Waals surface area (Å²) in [6.07, 6.45) is 0. The zero-order chi connectivity index (χ0) is 18.6. The number of hydrogen-bond donors (Lipinski definition) is 1. The molecule has 5 nitrogen and oxygen atoms in total. The van der Waals surface area contributed by atoms with Crippen LogP contribution < -0.4 is 5.32 Å². The van der Waals surface area contributed by atoms with E-state index in [0.717, 1.165) is 11.3 Å². The highest BCUT2D eigenvalue weighted by molar-refractivity contribution is 8.00. The van der Waals surface area contributed by atoms with E-state index in [1.807, 2.05) is 19.9 Å². The Morgan fingerprint density at radius 3 is 2.44 bits per heavy atom. The molecule has 1 heterocycles. The summed E-state index contributed by atoms with van der Waals surface area (Å²) < 4.78 is 0. The number of rotatable bonds is 5. The number of aromatic nitrogens is 1. The number of anilines is 1. The normalized spacial score (nSPS) is 11.5. The van der Waals surface area contributed by atoms with Gasteiger partial charge in [0.2, 0.25) is 5.91 Å². The molecule has 0 unspecified atom stereocenters. The van der Waals surface area contributed by atoms with Gasteiger partial charge in [0.15, 0.2) is 5.78 Å². The van der Waals surface area contributed by atoms with Crippen molar-refractivity contribution in [2.75, 3.05) is 5.32 Å². The van der Waals surface area contributed by atoms with Crippen LogP contribution >= 0.6 is 11.8 Å². The molecule has 0 aliphatic heterocycles. The van der Waals surface area contributed by atoms with E-state index >= 15 is 0 Å². The van der Waals surface area contributed by atoms with E-state index in [2.05, 4.69) is 16.4 Å². The Morgan fingerprint density at radius 1 is 1.24 bits per heavy atom. The van der Waals surface area contributed by atoms with Gasteiger partial charge in [0.25, 0.3) is 0 Å². The molecular formula is C19H19N3O2S. The molecule has 0 bridgehead atoms. The number of pyridine rings is 1. The molecule has 0 saturated carbocycles. The Kier molecular flexibility index (Phi) is 5.94. The Bertz CT molecular complexity index is 854. The molecule has 1 atom stereocenters. The minimum atomic E-state index is -0.423. The van der Waals surface area contributed by atoms with E-state index in [-0.39, 0.29) is 11.7 Å². The van der Waals surface area contributed by atoms with Gasteiger partial charge >= 0.3 is 0 Å². The van der Waals surface area contributed by atoms with E-state index in [9.17, 15) is 14.9 Å². The molecule has 0 aliphatic carbocycles. The van der Waals surface area contributed by atoms with Gasteiger partial charge in [-0.25, -0.2) is 4.98 Å². The van der Waals surface area contributed by atoms with Crippen LogP contribution in [0.5, 0.6) is 0 Å². The highest BCUT2D eigenvalue weighted by Crippen LogP contribution is 2.28. The summed E-state index contributed by atoms with van der Waals surface area (Å²) in [7, 11) is 0. The quantitative estimate of drug-likeness (QED) is 0.651. The van der Waals surface area contributed by atoms with Crippen molar-refractivity contribution in [3.05, 3.63) is 52.7 Å². The number of nitriles is 1. The number of hydrogen-bond acceptors (Lipinski definition) is 5. The Morgan fingerprint density at radius 2 is 1.88 bits per heavy atom. The number of aryl methyl sites for hydroxylation is 2. The number of Topliss-reactive ketones (excluding diaryl/α,β-unsaturated/α-hetero) is 1. The number of nitrogens with one attached hydrogen (secondary N) is 1. The van der Waals surface area contributed by atoms with Gasteiger partial charge in [0.05, 0.1) is 10.8 Å². The molecule has 25 heavy (non-hydrogen) atoms. The molecule has 1 aromatic heterocycles. The second kappa shape index (κ2) is 7.95. The lowest BCUT2D eigenvalue weighted by molar-refractivity contribution is -0.115. The Balaban J connectivity index is 2.11. The maximum Gasteiger partial charge on any atom is 0.237 e. The molecule has 0 aliphatic rings. The van der Waals surface area contributed by atoms with Gasteiger partial charge in [-0.15, -0.1) is 0 Å². The molecule has 128 valence electrons. The lowest BCUT2D eigenvalue weighted by atomic mass is 10.1. The smallest absolute Gasteiger partial charge is 0.237 e.